The highest BCUT2D eigenvalue weighted by Gasteiger charge is 2.32. The fraction of sp³-hybridized carbons (Fsp3) is 0.226. The van der Waals surface area contributed by atoms with E-state index in [9.17, 15) is 14.4 Å². The molecule has 1 aliphatic rings. The van der Waals surface area contributed by atoms with Gasteiger partial charge in [0.1, 0.15) is 12.4 Å². The molecule has 3 aromatic carbocycles. The van der Waals surface area contributed by atoms with E-state index in [2.05, 4.69) is 21.2 Å². The van der Waals surface area contributed by atoms with Crippen LogP contribution in [0.2, 0.25) is 5.02 Å². The van der Waals surface area contributed by atoms with Crippen molar-refractivity contribution in [2.45, 2.75) is 26.5 Å². The molecule has 0 aromatic heterocycles. The van der Waals surface area contributed by atoms with Gasteiger partial charge in [-0.3, -0.25) is 4.79 Å². The third-order valence-electron chi connectivity index (χ3n) is 6.26. The molecule has 12 heteroatoms. The van der Waals surface area contributed by atoms with Gasteiger partial charge in [-0.1, -0.05) is 48.0 Å². The van der Waals surface area contributed by atoms with Gasteiger partial charge in [-0.15, -0.1) is 0 Å². The second kappa shape index (κ2) is 14.7. The smallest absolute Gasteiger partial charge is 0.338 e. The van der Waals surface area contributed by atoms with E-state index in [1.165, 1.54) is 13.3 Å². The van der Waals surface area contributed by atoms with E-state index >= 15 is 0 Å². The topological polar surface area (TPSA) is 137 Å². The van der Waals surface area contributed by atoms with E-state index in [-0.39, 0.29) is 24.5 Å². The molecule has 0 aliphatic carbocycles. The number of nitrogens with one attached hydrogen (secondary N) is 3. The van der Waals surface area contributed by atoms with Crippen molar-refractivity contribution in [2.24, 2.45) is 5.10 Å². The minimum atomic E-state index is -0.770. The van der Waals surface area contributed by atoms with Crippen molar-refractivity contribution in [3.63, 3.8) is 0 Å². The minimum Gasteiger partial charge on any atom is -0.493 e. The van der Waals surface area contributed by atoms with Crippen LogP contribution in [0.25, 0.3) is 0 Å². The standard InChI is InChI=1S/C31H31ClN4O7/c1-4-41-30(38)28-19(2)34-31(39)35-29(28)21-12-13-25(26(15-21)40-3)43-18-27(37)36-33-16-20-8-7-10-23(14-20)42-17-22-9-5-6-11-24(22)32/h5-16,29H,4,17-18H2,1-3H3,(H,36,37)(H2,34,35,39)/b33-16+/t29-/m0/s1. The van der Waals surface area contributed by atoms with Crippen molar-refractivity contribution in [3.8, 4) is 17.2 Å². The number of carbonyl (C=O) groups is 3. The molecule has 0 saturated heterocycles. The molecule has 0 unspecified atom stereocenters. The van der Waals surface area contributed by atoms with Crippen molar-refractivity contribution < 1.29 is 33.3 Å². The van der Waals surface area contributed by atoms with E-state index < -0.39 is 23.9 Å². The average Bonchev–Trinajstić information content (AvgIpc) is 2.99. The van der Waals surface area contributed by atoms with Crippen LogP contribution in [-0.4, -0.2) is 44.4 Å². The van der Waals surface area contributed by atoms with Crippen LogP contribution in [0, 0.1) is 0 Å². The molecule has 43 heavy (non-hydrogen) atoms. The number of methoxy groups -OCH3 is 1. The maximum atomic E-state index is 12.6. The number of ether oxygens (including phenoxy) is 4. The van der Waals surface area contributed by atoms with Crippen molar-refractivity contribution in [1.29, 1.82) is 0 Å². The van der Waals surface area contributed by atoms with Crippen molar-refractivity contribution in [3.05, 3.63) is 99.7 Å². The van der Waals surface area contributed by atoms with E-state index in [0.29, 0.717) is 40.0 Å². The van der Waals surface area contributed by atoms with Crippen molar-refractivity contribution in [1.82, 2.24) is 16.1 Å². The van der Waals surface area contributed by atoms with Crippen LogP contribution >= 0.6 is 11.6 Å². The van der Waals surface area contributed by atoms with E-state index in [0.717, 1.165) is 5.56 Å². The second-order valence-electron chi connectivity index (χ2n) is 9.24. The molecule has 3 aromatic rings. The summed E-state index contributed by atoms with van der Waals surface area (Å²) >= 11 is 6.18. The number of carbonyl (C=O) groups excluding carboxylic acids is 3. The number of urea groups is 1. The summed E-state index contributed by atoms with van der Waals surface area (Å²) in [5, 5.41) is 9.94. The Labute approximate surface area is 253 Å². The molecule has 3 N–H and O–H groups in total. The summed E-state index contributed by atoms with van der Waals surface area (Å²) in [7, 11) is 1.44. The zero-order valence-electron chi connectivity index (χ0n) is 23.8. The van der Waals surface area contributed by atoms with Gasteiger partial charge in [0.15, 0.2) is 18.1 Å². The Morgan fingerprint density at radius 2 is 1.86 bits per heavy atom. The lowest BCUT2D eigenvalue weighted by atomic mass is 9.95. The molecule has 3 amide bonds. The van der Waals surface area contributed by atoms with Gasteiger partial charge < -0.3 is 29.6 Å². The molecule has 0 radical (unpaired) electrons. The summed E-state index contributed by atoms with van der Waals surface area (Å²) in [6, 6.07) is 18.3. The van der Waals surface area contributed by atoms with Crippen molar-refractivity contribution in [2.75, 3.05) is 20.3 Å². The molecule has 1 atom stereocenters. The maximum Gasteiger partial charge on any atom is 0.338 e. The largest absolute Gasteiger partial charge is 0.493 e. The number of hydrogen-bond acceptors (Lipinski definition) is 8. The SMILES string of the molecule is CCOC(=O)C1=C(C)NC(=O)N[C@H]1c1ccc(OCC(=O)N/N=C/c2cccc(OCc3ccccc3Cl)c2)c(OC)c1. The fourth-order valence-electron chi connectivity index (χ4n) is 4.22. The monoisotopic (exact) mass is 606 g/mol. The second-order valence-corrected chi connectivity index (χ2v) is 9.64. The third kappa shape index (κ3) is 8.26. The fourth-order valence-corrected chi connectivity index (χ4v) is 4.41. The lowest BCUT2D eigenvalue weighted by molar-refractivity contribution is -0.139. The molecule has 224 valence electrons. The molecule has 0 saturated carbocycles. The Kier molecular flexibility index (Phi) is 10.6. The van der Waals surface area contributed by atoms with Gasteiger partial charge in [0, 0.05) is 16.3 Å². The molecule has 0 spiro atoms. The third-order valence-corrected chi connectivity index (χ3v) is 6.63. The van der Waals surface area contributed by atoms with Gasteiger partial charge in [-0.25, -0.2) is 15.0 Å². The zero-order chi connectivity index (χ0) is 30.8. The number of benzene rings is 3. The molecule has 0 fully saturated rings. The lowest BCUT2D eigenvalue weighted by Gasteiger charge is -2.28. The predicted octanol–water partition coefficient (Wildman–Crippen LogP) is 4.65. The van der Waals surface area contributed by atoms with Gasteiger partial charge in [-0.05, 0) is 55.3 Å². The molecule has 4 rings (SSSR count). The number of allylic oxidation sites excluding steroid dienone is 1. The van der Waals surface area contributed by atoms with E-state index in [1.54, 1.807) is 44.2 Å². The maximum absolute atomic E-state index is 12.6. The van der Waals surface area contributed by atoms with Crippen LogP contribution in [0.4, 0.5) is 4.79 Å². The number of nitrogens with zero attached hydrogens (tertiary/aromatic N) is 1. The van der Waals surface area contributed by atoms with Crippen LogP contribution in [0.15, 0.2) is 83.1 Å². The quantitative estimate of drug-likeness (QED) is 0.155. The highest BCUT2D eigenvalue weighted by molar-refractivity contribution is 6.31. The summed E-state index contributed by atoms with van der Waals surface area (Å²) < 4.78 is 22.1. The van der Waals surface area contributed by atoms with Crippen molar-refractivity contribution >= 4 is 35.7 Å². The number of halogens is 1. The first-order chi connectivity index (χ1) is 20.8. The van der Waals surface area contributed by atoms with Gasteiger partial charge in [0.2, 0.25) is 0 Å². The Morgan fingerprint density at radius 3 is 2.63 bits per heavy atom. The average molecular weight is 607 g/mol. The summed E-state index contributed by atoms with van der Waals surface area (Å²) in [6.45, 7) is 3.48. The van der Waals surface area contributed by atoms with Crippen LogP contribution in [0.5, 0.6) is 17.2 Å². The number of amides is 3. The Bertz CT molecular complexity index is 1560. The first kappa shape index (κ1) is 30.9. The van der Waals surface area contributed by atoms with Gasteiger partial charge >= 0.3 is 12.0 Å². The Morgan fingerprint density at radius 1 is 1.05 bits per heavy atom. The summed E-state index contributed by atoms with van der Waals surface area (Å²) in [4.78, 5) is 37.1. The van der Waals surface area contributed by atoms with E-state index in [1.807, 2.05) is 36.4 Å². The minimum absolute atomic E-state index is 0.184. The van der Waals surface area contributed by atoms with Crippen LogP contribution in [0.1, 0.15) is 36.6 Å². The first-order valence-corrected chi connectivity index (χ1v) is 13.7. The molecule has 0 bridgehead atoms. The normalized spacial score (nSPS) is 14.5. The molecule has 1 aliphatic heterocycles. The number of hydrazone groups is 1. The van der Waals surface area contributed by atoms with Gasteiger partial charge in [-0.2, -0.15) is 5.10 Å². The lowest BCUT2D eigenvalue weighted by Crippen LogP contribution is -2.45. The number of rotatable bonds is 12. The summed E-state index contributed by atoms with van der Waals surface area (Å²) in [5.41, 5.74) is 5.23. The van der Waals surface area contributed by atoms with E-state index in [4.69, 9.17) is 30.5 Å². The van der Waals surface area contributed by atoms with Crippen LogP contribution in [-0.2, 0) is 20.9 Å². The molecular formula is C31H31ClN4O7. The summed E-state index contributed by atoms with van der Waals surface area (Å²) in [6.07, 6.45) is 1.49. The number of esters is 1. The Hall–Kier alpha value is -5.03. The molecular weight excluding hydrogens is 576 g/mol. The Balaban J connectivity index is 1.34. The van der Waals surface area contributed by atoms with Crippen LogP contribution < -0.4 is 30.3 Å². The number of hydrogen-bond donors (Lipinski definition) is 3. The van der Waals surface area contributed by atoms with Gasteiger partial charge in [0.05, 0.1) is 31.5 Å². The molecule has 1 heterocycles. The van der Waals surface area contributed by atoms with Crippen LogP contribution in [0.3, 0.4) is 0 Å². The highest BCUT2D eigenvalue weighted by atomic mass is 35.5. The first-order valence-electron chi connectivity index (χ1n) is 13.3. The van der Waals surface area contributed by atoms with Gasteiger partial charge in [0.25, 0.3) is 5.91 Å². The highest BCUT2D eigenvalue weighted by Crippen LogP contribution is 2.34. The molecule has 11 nitrogen and oxygen atoms in total. The summed E-state index contributed by atoms with van der Waals surface area (Å²) in [5.74, 6) is 0.161. The predicted molar refractivity (Wildman–Crippen MR) is 160 cm³/mol. The zero-order valence-corrected chi connectivity index (χ0v) is 24.6.